The molecule has 1 aliphatic heterocycles. The Morgan fingerprint density at radius 1 is 0.952 bits per heavy atom. The Morgan fingerprint density at radius 2 is 1.55 bits per heavy atom. The molecule has 1 heterocycles. The Bertz CT molecular complexity index is 1360. The standard InChI is InChI=1S/C33H37N3O6/c1-36(20-23-9-3-2-4-10-23)21-29(31(38)39)34-30(37)19-33(15-17-41-18-16-33)35-32(40)42-22-28-26-13-7-5-11-24(26)25-12-6-8-14-27(25)28/h2-14,28-29H,15-22H2,1H3,(H,34,37)(H,35,40)(H,38,39). The van der Waals surface area contributed by atoms with Gasteiger partial charge in [-0.2, -0.15) is 0 Å². The second kappa shape index (κ2) is 13.2. The molecule has 9 heteroatoms. The fourth-order valence-electron chi connectivity index (χ4n) is 5.97. The molecule has 3 aromatic rings. The quantitative estimate of drug-likeness (QED) is 0.316. The normalized spacial score (nSPS) is 16.2. The summed E-state index contributed by atoms with van der Waals surface area (Å²) >= 11 is 0. The number of carboxylic acids is 1. The average molecular weight is 572 g/mol. The highest BCUT2D eigenvalue weighted by Crippen LogP contribution is 2.44. The van der Waals surface area contributed by atoms with Gasteiger partial charge in [0.25, 0.3) is 0 Å². The molecule has 9 nitrogen and oxygen atoms in total. The van der Waals surface area contributed by atoms with Crippen LogP contribution in [0.5, 0.6) is 0 Å². The summed E-state index contributed by atoms with van der Waals surface area (Å²) in [6.07, 6.45) is 0.142. The van der Waals surface area contributed by atoms with Crippen molar-refractivity contribution in [2.45, 2.75) is 43.3 Å². The van der Waals surface area contributed by atoms with E-state index in [0.717, 1.165) is 27.8 Å². The molecule has 1 fully saturated rings. The zero-order chi connectivity index (χ0) is 29.5. The topological polar surface area (TPSA) is 117 Å². The van der Waals surface area contributed by atoms with Crippen LogP contribution >= 0.6 is 0 Å². The SMILES string of the molecule is CN(Cc1ccccc1)CC(NC(=O)CC1(NC(=O)OCC2c3ccccc3-c3ccccc32)CCOCC1)C(=O)O. The number of hydrogen-bond acceptors (Lipinski definition) is 6. The molecule has 3 aromatic carbocycles. The van der Waals surface area contributed by atoms with Crippen LogP contribution in [-0.2, 0) is 25.6 Å². The van der Waals surface area contributed by atoms with Crippen LogP contribution in [0.15, 0.2) is 78.9 Å². The Labute approximate surface area is 245 Å². The molecule has 0 saturated carbocycles. The third-order valence-corrected chi connectivity index (χ3v) is 8.08. The Hall–Kier alpha value is -4.21. The van der Waals surface area contributed by atoms with E-state index in [1.165, 1.54) is 0 Å². The van der Waals surface area contributed by atoms with E-state index >= 15 is 0 Å². The second-order valence-corrected chi connectivity index (χ2v) is 11.2. The number of benzene rings is 3. The lowest BCUT2D eigenvalue weighted by molar-refractivity contribution is -0.142. The molecule has 1 unspecified atom stereocenters. The smallest absolute Gasteiger partial charge is 0.407 e. The number of ether oxygens (including phenoxy) is 2. The fourth-order valence-corrected chi connectivity index (χ4v) is 5.97. The van der Waals surface area contributed by atoms with Crippen LogP contribution in [0.4, 0.5) is 4.79 Å². The lowest BCUT2D eigenvalue weighted by Gasteiger charge is -2.37. The van der Waals surface area contributed by atoms with Crippen LogP contribution in [0.25, 0.3) is 11.1 Å². The molecule has 3 N–H and O–H groups in total. The molecule has 0 radical (unpaired) electrons. The van der Waals surface area contributed by atoms with E-state index in [0.29, 0.717) is 32.6 Å². The summed E-state index contributed by atoms with van der Waals surface area (Å²) in [5.74, 6) is -1.65. The fraction of sp³-hybridized carbons (Fsp3) is 0.364. The number of carboxylic acid groups (broad SMARTS) is 1. The number of rotatable bonds is 11. The van der Waals surface area contributed by atoms with Crippen LogP contribution in [0.1, 0.15) is 41.9 Å². The van der Waals surface area contributed by atoms with Gasteiger partial charge in [-0.25, -0.2) is 9.59 Å². The van der Waals surface area contributed by atoms with Crippen LogP contribution < -0.4 is 10.6 Å². The van der Waals surface area contributed by atoms with Crippen molar-refractivity contribution in [2.24, 2.45) is 0 Å². The Morgan fingerprint density at radius 3 is 2.17 bits per heavy atom. The van der Waals surface area contributed by atoms with Crippen LogP contribution in [-0.4, -0.2) is 73.0 Å². The molecule has 1 saturated heterocycles. The van der Waals surface area contributed by atoms with E-state index in [9.17, 15) is 19.5 Å². The molecule has 0 spiro atoms. The third kappa shape index (κ3) is 6.98. The number of carbonyl (C=O) groups excluding carboxylic acids is 2. The highest BCUT2D eigenvalue weighted by atomic mass is 16.5. The lowest BCUT2D eigenvalue weighted by atomic mass is 9.86. The highest BCUT2D eigenvalue weighted by Gasteiger charge is 2.38. The zero-order valence-corrected chi connectivity index (χ0v) is 23.8. The molecular formula is C33H37N3O6. The van der Waals surface area contributed by atoms with Crippen molar-refractivity contribution in [3.05, 3.63) is 95.6 Å². The van der Waals surface area contributed by atoms with Gasteiger partial charge in [-0.05, 0) is 47.7 Å². The van der Waals surface area contributed by atoms with E-state index in [4.69, 9.17) is 9.47 Å². The maximum absolute atomic E-state index is 13.2. The minimum atomic E-state index is -1.12. The van der Waals surface area contributed by atoms with Crippen molar-refractivity contribution in [1.82, 2.24) is 15.5 Å². The van der Waals surface area contributed by atoms with Gasteiger partial charge < -0.3 is 25.2 Å². The molecule has 0 bridgehead atoms. The first-order valence-electron chi connectivity index (χ1n) is 14.3. The molecular weight excluding hydrogens is 534 g/mol. The van der Waals surface area contributed by atoms with Crippen molar-refractivity contribution in [2.75, 3.05) is 33.4 Å². The summed E-state index contributed by atoms with van der Waals surface area (Å²) in [5, 5.41) is 15.4. The van der Waals surface area contributed by atoms with Crippen LogP contribution in [0, 0.1) is 0 Å². The van der Waals surface area contributed by atoms with Gasteiger partial charge in [-0.15, -0.1) is 0 Å². The summed E-state index contributed by atoms with van der Waals surface area (Å²) in [4.78, 5) is 40.2. The molecule has 2 aliphatic rings. The van der Waals surface area contributed by atoms with E-state index in [-0.39, 0.29) is 25.5 Å². The van der Waals surface area contributed by atoms with Gasteiger partial charge in [0.1, 0.15) is 12.6 Å². The van der Waals surface area contributed by atoms with Crippen molar-refractivity contribution >= 4 is 18.0 Å². The number of fused-ring (bicyclic) bond motifs is 3. The van der Waals surface area contributed by atoms with Gasteiger partial charge in [0.2, 0.25) is 5.91 Å². The third-order valence-electron chi connectivity index (χ3n) is 8.08. The molecule has 42 heavy (non-hydrogen) atoms. The van der Waals surface area contributed by atoms with Gasteiger partial charge in [0.05, 0.1) is 12.0 Å². The minimum Gasteiger partial charge on any atom is -0.480 e. The summed E-state index contributed by atoms with van der Waals surface area (Å²) in [5.41, 5.74) is 4.66. The molecule has 1 atom stereocenters. The van der Waals surface area contributed by atoms with Crippen molar-refractivity contribution in [3.63, 3.8) is 0 Å². The molecule has 0 aromatic heterocycles. The van der Waals surface area contributed by atoms with E-state index in [1.807, 2.05) is 66.5 Å². The Balaban J connectivity index is 1.20. The number of nitrogens with zero attached hydrogens (tertiary/aromatic N) is 1. The maximum atomic E-state index is 13.2. The van der Waals surface area contributed by atoms with Crippen molar-refractivity contribution in [1.29, 1.82) is 0 Å². The molecule has 2 amide bonds. The number of hydrogen-bond donors (Lipinski definition) is 3. The predicted octanol–water partition coefficient (Wildman–Crippen LogP) is 4.17. The minimum absolute atomic E-state index is 0.0767. The first-order valence-corrected chi connectivity index (χ1v) is 14.3. The Kier molecular flexibility index (Phi) is 9.19. The van der Waals surface area contributed by atoms with E-state index in [2.05, 4.69) is 34.9 Å². The predicted molar refractivity (Wildman–Crippen MR) is 158 cm³/mol. The van der Waals surface area contributed by atoms with Gasteiger partial charge in [0, 0.05) is 32.2 Å². The van der Waals surface area contributed by atoms with Gasteiger partial charge in [-0.1, -0.05) is 78.9 Å². The van der Waals surface area contributed by atoms with Gasteiger partial charge >= 0.3 is 12.1 Å². The van der Waals surface area contributed by atoms with Gasteiger partial charge in [-0.3, -0.25) is 9.69 Å². The summed E-state index contributed by atoms with van der Waals surface area (Å²) in [6.45, 7) is 1.59. The van der Waals surface area contributed by atoms with E-state index < -0.39 is 29.6 Å². The zero-order valence-electron chi connectivity index (χ0n) is 23.8. The van der Waals surface area contributed by atoms with E-state index in [1.54, 1.807) is 0 Å². The van der Waals surface area contributed by atoms with Crippen molar-refractivity contribution in [3.8, 4) is 11.1 Å². The number of likely N-dealkylation sites (N-methyl/N-ethyl adjacent to an activating group) is 1. The number of amides is 2. The van der Waals surface area contributed by atoms with Crippen LogP contribution in [0.2, 0.25) is 0 Å². The first kappa shape index (κ1) is 29.3. The lowest BCUT2D eigenvalue weighted by Crippen LogP contribution is -2.56. The summed E-state index contributed by atoms with van der Waals surface area (Å²) < 4.78 is 11.3. The number of carbonyl (C=O) groups is 3. The molecule has 5 rings (SSSR count). The molecule has 220 valence electrons. The highest BCUT2D eigenvalue weighted by molar-refractivity contribution is 5.85. The van der Waals surface area contributed by atoms with Crippen LogP contribution in [0.3, 0.4) is 0 Å². The van der Waals surface area contributed by atoms with Crippen molar-refractivity contribution < 1.29 is 29.0 Å². The average Bonchev–Trinajstić information content (AvgIpc) is 3.30. The summed E-state index contributed by atoms with van der Waals surface area (Å²) in [7, 11) is 1.81. The number of nitrogens with one attached hydrogen (secondary N) is 2. The monoisotopic (exact) mass is 571 g/mol. The number of alkyl carbamates (subject to hydrolysis) is 1. The number of aliphatic carboxylic acids is 1. The second-order valence-electron chi connectivity index (χ2n) is 11.2. The maximum Gasteiger partial charge on any atom is 0.407 e. The largest absolute Gasteiger partial charge is 0.480 e. The molecule has 1 aliphatic carbocycles. The van der Waals surface area contributed by atoms with Gasteiger partial charge in [0.15, 0.2) is 0 Å². The first-order chi connectivity index (χ1) is 20.3. The summed E-state index contributed by atoms with van der Waals surface area (Å²) in [6, 6.07) is 24.9.